The molecule has 0 aliphatic heterocycles. The molecular weight excluding hydrogens is 181 g/mol. The second-order valence-corrected chi connectivity index (χ2v) is 3.08. The zero-order valence-corrected chi connectivity index (χ0v) is 7.82. The molecule has 80 valence electrons. The van der Waals surface area contributed by atoms with Gasteiger partial charge in [-0.2, -0.15) is 13.2 Å². The van der Waals surface area contributed by atoms with Crippen molar-refractivity contribution in [3.8, 4) is 0 Å². The van der Waals surface area contributed by atoms with Crippen molar-refractivity contribution in [3.05, 3.63) is 0 Å². The SMILES string of the molecule is CCC(CN)CNCCC(F)(F)F. The molecule has 1 atom stereocenters. The van der Waals surface area contributed by atoms with Crippen LogP contribution in [0.4, 0.5) is 13.2 Å². The van der Waals surface area contributed by atoms with E-state index in [0.717, 1.165) is 6.42 Å². The molecule has 0 rings (SSSR count). The van der Waals surface area contributed by atoms with Crippen LogP contribution in [0.15, 0.2) is 0 Å². The highest BCUT2D eigenvalue weighted by Crippen LogP contribution is 2.18. The number of nitrogens with one attached hydrogen (secondary N) is 1. The minimum atomic E-state index is -4.06. The molecule has 0 radical (unpaired) electrons. The number of hydrogen-bond acceptors (Lipinski definition) is 2. The second kappa shape index (κ2) is 6.21. The summed E-state index contributed by atoms with van der Waals surface area (Å²) in [4.78, 5) is 0. The van der Waals surface area contributed by atoms with Crippen molar-refractivity contribution < 1.29 is 13.2 Å². The van der Waals surface area contributed by atoms with Gasteiger partial charge in [0.2, 0.25) is 0 Å². The number of hydrogen-bond donors (Lipinski definition) is 2. The first kappa shape index (κ1) is 12.7. The molecule has 0 aliphatic carbocycles. The standard InChI is InChI=1S/C8H17F3N2/c1-2-7(5-12)6-13-4-3-8(9,10)11/h7,13H,2-6,12H2,1H3. The Morgan fingerprint density at radius 2 is 2.00 bits per heavy atom. The monoisotopic (exact) mass is 198 g/mol. The van der Waals surface area contributed by atoms with E-state index in [1.54, 1.807) is 0 Å². The van der Waals surface area contributed by atoms with Crippen LogP contribution in [0.25, 0.3) is 0 Å². The van der Waals surface area contributed by atoms with Crippen molar-refractivity contribution in [2.75, 3.05) is 19.6 Å². The van der Waals surface area contributed by atoms with E-state index in [2.05, 4.69) is 5.32 Å². The average molecular weight is 198 g/mol. The van der Waals surface area contributed by atoms with E-state index < -0.39 is 12.6 Å². The number of halogens is 3. The van der Waals surface area contributed by atoms with Gasteiger partial charge in [-0.05, 0) is 19.0 Å². The van der Waals surface area contributed by atoms with Gasteiger partial charge >= 0.3 is 6.18 Å². The first-order valence-corrected chi connectivity index (χ1v) is 4.47. The molecule has 13 heavy (non-hydrogen) atoms. The zero-order chi connectivity index (χ0) is 10.3. The molecule has 0 saturated heterocycles. The van der Waals surface area contributed by atoms with Crippen molar-refractivity contribution in [1.29, 1.82) is 0 Å². The molecule has 0 bridgehead atoms. The van der Waals surface area contributed by atoms with Crippen LogP contribution in [0.1, 0.15) is 19.8 Å². The van der Waals surface area contributed by atoms with Crippen molar-refractivity contribution in [3.63, 3.8) is 0 Å². The lowest BCUT2D eigenvalue weighted by Crippen LogP contribution is -2.30. The fourth-order valence-corrected chi connectivity index (χ4v) is 0.931. The maximum absolute atomic E-state index is 11.7. The quantitative estimate of drug-likeness (QED) is 0.635. The summed E-state index contributed by atoms with van der Waals surface area (Å²) in [5, 5.41) is 2.74. The fraction of sp³-hybridized carbons (Fsp3) is 1.00. The predicted molar refractivity (Wildman–Crippen MR) is 46.4 cm³/mol. The summed E-state index contributed by atoms with van der Waals surface area (Å²) >= 11 is 0. The van der Waals surface area contributed by atoms with Crippen molar-refractivity contribution in [1.82, 2.24) is 5.32 Å². The smallest absolute Gasteiger partial charge is 0.330 e. The summed E-state index contributed by atoms with van der Waals surface area (Å²) in [6.45, 7) is 3.06. The lowest BCUT2D eigenvalue weighted by Gasteiger charge is -2.13. The molecule has 2 nitrogen and oxygen atoms in total. The Balaban J connectivity index is 3.34. The number of alkyl halides is 3. The van der Waals surface area contributed by atoms with E-state index in [1.165, 1.54) is 0 Å². The molecular formula is C8H17F3N2. The predicted octanol–water partition coefficient (Wildman–Crippen LogP) is 1.51. The molecule has 0 aromatic carbocycles. The van der Waals surface area contributed by atoms with E-state index in [0.29, 0.717) is 13.1 Å². The Morgan fingerprint density at radius 3 is 2.38 bits per heavy atom. The Bertz CT molecular complexity index is 121. The van der Waals surface area contributed by atoms with Crippen LogP contribution in [-0.2, 0) is 0 Å². The van der Waals surface area contributed by atoms with Crippen LogP contribution < -0.4 is 11.1 Å². The second-order valence-electron chi connectivity index (χ2n) is 3.08. The minimum absolute atomic E-state index is 0.0139. The molecule has 0 heterocycles. The van der Waals surface area contributed by atoms with Gasteiger partial charge in [-0.3, -0.25) is 0 Å². The zero-order valence-electron chi connectivity index (χ0n) is 7.82. The maximum atomic E-state index is 11.7. The van der Waals surface area contributed by atoms with Crippen LogP contribution in [0.5, 0.6) is 0 Å². The summed E-state index contributed by atoms with van der Waals surface area (Å²) in [6.07, 6.45) is -3.93. The number of rotatable bonds is 6. The first-order valence-electron chi connectivity index (χ1n) is 4.47. The maximum Gasteiger partial charge on any atom is 0.390 e. The lowest BCUT2D eigenvalue weighted by molar-refractivity contribution is -0.133. The number of nitrogens with two attached hydrogens (primary N) is 1. The molecule has 3 N–H and O–H groups in total. The lowest BCUT2D eigenvalue weighted by atomic mass is 10.1. The van der Waals surface area contributed by atoms with E-state index in [9.17, 15) is 13.2 Å². The topological polar surface area (TPSA) is 38.0 Å². The summed E-state index contributed by atoms with van der Waals surface area (Å²) in [6, 6.07) is 0. The van der Waals surface area contributed by atoms with Crippen molar-refractivity contribution in [2.45, 2.75) is 25.9 Å². The van der Waals surface area contributed by atoms with E-state index >= 15 is 0 Å². The van der Waals surface area contributed by atoms with Crippen LogP contribution in [0, 0.1) is 5.92 Å². The van der Waals surface area contributed by atoms with Crippen LogP contribution in [0.3, 0.4) is 0 Å². The van der Waals surface area contributed by atoms with E-state index in [-0.39, 0.29) is 12.5 Å². The molecule has 0 saturated carbocycles. The van der Waals surface area contributed by atoms with Crippen LogP contribution in [-0.4, -0.2) is 25.8 Å². The Kier molecular flexibility index (Phi) is 6.07. The largest absolute Gasteiger partial charge is 0.390 e. The first-order chi connectivity index (χ1) is 5.99. The Hall–Kier alpha value is -0.290. The third-order valence-corrected chi connectivity index (χ3v) is 1.93. The van der Waals surface area contributed by atoms with Gasteiger partial charge in [0.05, 0.1) is 6.42 Å². The van der Waals surface area contributed by atoms with Crippen molar-refractivity contribution in [2.24, 2.45) is 11.7 Å². The Morgan fingerprint density at radius 1 is 1.38 bits per heavy atom. The van der Waals surface area contributed by atoms with Gasteiger partial charge in [0.25, 0.3) is 0 Å². The minimum Gasteiger partial charge on any atom is -0.330 e. The van der Waals surface area contributed by atoms with Crippen LogP contribution in [0.2, 0.25) is 0 Å². The van der Waals surface area contributed by atoms with Gasteiger partial charge in [0.1, 0.15) is 0 Å². The normalized spacial score (nSPS) is 14.5. The third-order valence-electron chi connectivity index (χ3n) is 1.93. The summed E-state index contributed by atoms with van der Waals surface area (Å²) < 4.78 is 35.0. The third kappa shape index (κ3) is 8.05. The van der Waals surface area contributed by atoms with Crippen LogP contribution >= 0.6 is 0 Å². The fourth-order valence-electron chi connectivity index (χ4n) is 0.931. The average Bonchev–Trinajstić information content (AvgIpc) is 2.03. The van der Waals surface area contributed by atoms with E-state index in [1.807, 2.05) is 6.92 Å². The van der Waals surface area contributed by atoms with Gasteiger partial charge < -0.3 is 11.1 Å². The molecule has 0 aromatic rings. The van der Waals surface area contributed by atoms with Gasteiger partial charge in [-0.25, -0.2) is 0 Å². The van der Waals surface area contributed by atoms with Gasteiger partial charge in [-0.1, -0.05) is 13.3 Å². The summed E-state index contributed by atoms with van der Waals surface area (Å²) in [5.41, 5.74) is 5.39. The molecule has 0 amide bonds. The molecule has 0 spiro atoms. The summed E-state index contributed by atoms with van der Waals surface area (Å²) in [7, 11) is 0. The van der Waals surface area contributed by atoms with Gasteiger partial charge in [-0.15, -0.1) is 0 Å². The molecule has 0 aromatic heterocycles. The molecule has 0 aliphatic rings. The molecule has 1 unspecified atom stereocenters. The highest BCUT2D eigenvalue weighted by Gasteiger charge is 2.25. The summed E-state index contributed by atoms with van der Waals surface area (Å²) in [5.74, 6) is 0.285. The van der Waals surface area contributed by atoms with Gasteiger partial charge in [0, 0.05) is 6.54 Å². The van der Waals surface area contributed by atoms with Gasteiger partial charge in [0.15, 0.2) is 0 Å². The highest BCUT2D eigenvalue weighted by atomic mass is 19.4. The Labute approximate surface area is 76.7 Å². The molecule has 0 fully saturated rings. The van der Waals surface area contributed by atoms with Crippen molar-refractivity contribution >= 4 is 0 Å². The van der Waals surface area contributed by atoms with E-state index in [4.69, 9.17) is 5.73 Å². The molecule has 5 heteroatoms. The highest BCUT2D eigenvalue weighted by molar-refractivity contribution is 4.62.